The number of aliphatic carboxylic acids is 1. The zero-order chi connectivity index (χ0) is 17.0. The second kappa shape index (κ2) is 6.55. The van der Waals surface area contributed by atoms with Crippen LogP contribution in [-0.4, -0.2) is 22.2 Å². The van der Waals surface area contributed by atoms with Crippen LogP contribution in [0.5, 0.6) is 17.4 Å². The number of carboxylic acids is 1. The van der Waals surface area contributed by atoms with E-state index in [2.05, 4.69) is 4.98 Å². The number of rotatable bonds is 5. The number of alkyl halides is 3. The third-order valence-electron chi connectivity index (χ3n) is 2.77. The highest BCUT2D eigenvalue weighted by Gasteiger charge is 2.30. The first-order chi connectivity index (χ1) is 10.8. The molecule has 0 bridgehead atoms. The minimum Gasteiger partial charge on any atom is -0.479 e. The molecule has 0 spiro atoms. The molecule has 1 N–H and O–H groups in total. The van der Waals surface area contributed by atoms with Crippen LogP contribution in [0.25, 0.3) is 0 Å². The Balaban J connectivity index is 2.02. The van der Waals surface area contributed by atoms with E-state index in [0.29, 0.717) is 17.7 Å². The quantitative estimate of drug-likeness (QED) is 0.846. The summed E-state index contributed by atoms with van der Waals surface area (Å²) in [6, 6.07) is 7.93. The molecule has 0 radical (unpaired) electrons. The van der Waals surface area contributed by atoms with Crippen LogP contribution in [0.15, 0.2) is 42.6 Å². The lowest BCUT2D eigenvalue weighted by atomic mass is 10.3. The van der Waals surface area contributed by atoms with Crippen LogP contribution >= 0.6 is 0 Å². The van der Waals surface area contributed by atoms with Crippen molar-refractivity contribution in [2.24, 2.45) is 0 Å². The highest BCUT2D eigenvalue weighted by atomic mass is 19.4. The molecule has 1 aromatic carbocycles. The standard InChI is InChI=1S/C15H12F3NO4/c1-9(14(20)21)22-11-3-5-12(6-4-11)23-13-7-2-10(8-19-13)15(16,17)18/h2-9H,1H3,(H,20,21)/i1+1,9+1,14+1. The number of pyridine rings is 1. The van der Waals surface area contributed by atoms with Crippen molar-refractivity contribution in [2.75, 3.05) is 0 Å². The number of hydrogen-bond acceptors (Lipinski definition) is 4. The van der Waals surface area contributed by atoms with Crippen LogP contribution in [0.2, 0.25) is 0 Å². The van der Waals surface area contributed by atoms with Crippen molar-refractivity contribution in [3.63, 3.8) is 0 Å². The van der Waals surface area contributed by atoms with E-state index in [1.165, 1.54) is 31.2 Å². The number of ether oxygens (including phenoxy) is 2. The van der Waals surface area contributed by atoms with Gasteiger partial charge in [-0.3, -0.25) is 0 Å². The van der Waals surface area contributed by atoms with Crippen molar-refractivity contribution in [2.45, 2.75) is 19.2 Å². The van der Waals surface area contributed by atoms with Crippen molar-refractivity contribution in [1.29, 1.82) is 0 Å². The molecule has 1 atom stereocenters. The smallest absolute Gasteiger partial charge is 0.417 e. The molecule has 1 unspecified atom stereocenters. The second-order valence-electron chi connectivity index (χ2n) is 4.55. The highest BCUT2D eigenvalue weighted by molar-refractivity contribution is 5.72. The van der Waals surface area contributed by atoms with Gasteiger partial charge in [-0.2, -0.15) is 13.2 Å². The first-order valence-electron chi connectivity index (χ1n) is 6.46. The first kappa shape index (κ1) is 16.6. The van der Waals surface area contributed by atoms with Gasteiger partial charge in [0.05, 0.1) is 5.56 Å². The van der Waals surface area contributed by atoms with Crippen molar-refractivity contribution >= 4 is 5.97 Å². The second-order valence-corrected chi connectivity index (χ2v) is 4.55. The van der Waals surface area contributed by atoms with Crippen molar-refractivity contribution < 1.29 is 32.5 Å². The van der Waals surface area contributed by atoms with Crippen LogP contribution in [0.1, 0.15) is 12.5 Å². The third kappa shape index (κ3) is 4.60. The Morgan fingerprint density at radius 3 is 2.22 bits per heavy atom. The molecule has 2 rings (SSSR count). The normalized spacial score (nSPS) is 12.5. The Kier molecular flexibility index (Phi) is 4.73. The van der Waals surface area contributed by atoms with Gasteiger partial charge in [-0.15, -0.1) is 0 Å². The predicted molar refractivity (Wildman–Crippen MR) is 73.5 cm³/mol. The molecule has 0 saturated heterocycles. The lowest BCUT2D eigenvalue weighted by Gasteiger charge is -2.11. The summed E-state index contributed by atoms with van der Waals surface area (Å²) < 4.78 is 47.7. The fraction of sp³-hybridized carbons (Fsp3) is 0.200. The minimum atomic E-state index is -4.45. The van der Waals surface area contributed by atoms with Gasteiger partial charge in [0.15, 0.2) is 6.10 Å². The van der Waals surface area contributed by atoms with E-state index < -0.39 is 23.8 Å². The van der Waals surface area contributed by atoms with Crippen LogP contribution in [0, 0.1) is 0 Å². The zero-order valence-electron chi connectivity index (χ0n) is 11.9. The lowest BCUT2D eigenvalue weighted by molar-refractivity contribution is -0.144. The number of carboxylic acid groups (broad SMARTS) is 1. The SMILES string of the molecule is [13CH3][13CH](Oc1ccc(Oc2ccc(C(F)(F)F)cn2)cc1)[13C](=O)O. The number of benzene rings is 1. The van der Waals surface area contributed by atoms with Gasteiger partial charge in [0.2, 0.25) is 5.88 Å². The molecule has 8 heteroatoms. The summed E-state index contributed by atoms with van der Waals surface area (Å²) in [5.74, 6) is -0.440. The summed E-state index contributed by atoms with van der Waals surface area (Å²) in [7, 11) is 0. The molecular formula is C15H12F3NO4. The molecule has 0 saturated carbocycles. The van der Waals surface area contributed by atoms with E-state index in [9.17, 15) is 18.0 Å². The maximum atomic E-state index is 12.4. The summed E-state index contributed by atoms with van der Waals surface area (Å²) in [5.41, 5.74) is -0.865. The Hall–Kier alpha value is -2.77. The minimum absolute atomic E-state index is 0.00516. The van der Waals surface area contributed by atoms with Gasteiger partial charge in [-0.1, -0.05) is 0 Å². The molecular weight excluding hydrogens is 318 g/mol. The van der Waals surface area contributed by atoms with Gasteiger partial charge in [0.25, 0.3) is 0 Å². The predicted octanol–water partition coefficient (Wildman–Crippen LogP) is 3.74. The molecule has 5 nitrogen and oxygen atoms in total. The largest absolute Gasteiger partial charge is 0.479 e. The Morgan fingerprint density at radius 1 is 1.13 bits per heavy atom. The van der Waals surface area contributed by atoms with E-state index in [-0.39, 0.29) is 5.88 Å². The molecule has 0 fully saturated rings. The Labute approximate surface area is 129 Å². The summed E-state index contributed by atoms with van der Waals surface area (Å²) in [4.78, 5) is 14.3. The van der Waals surface area contributed by atoms with Gasteiger partial charge in [0.1, 0.15) is 11.5 Å². The van der Waals surface area contributed by atoms with Crippen LogP contribution in [0.4, 0.5) is 13.2 Å². The fourth-order valence-corrected chi connectivity index (χ4v) is 1.57. The fourth-order valence-electron chi connectivity index (χ4n) is 1.57. The number of halogens is 3. The molecule has 0 aliphatic carbocycles. The van der Waals surface area contributed by atoms with Crippen molar-refractivity contribution in [1.82, 2.24) is 4.98 Å². The average molecular weight is 330 g/mol. The summed E-state index contributed by atoms with van der Waals surface area (Å²) >= 11 is 0. The summed E-state index contributed by atoms with van der Waals surface area (Å²) in [6.45, 7) is 1.39. The average Bonchev–Trinajstić information content (AvgIpc) is 2.49. The van der Waals surface area contributed by atoms with E-state index in [1.54, 1.807) is 0 Å². The molecule has 0 aliphatic heterocycles. The van der Waals surface area contributed by atoms with Gasteiger partial charge >= 0.3 is 12.1 Å². The number of carbonyl (C=O) groups is 1. The van der Waals surface area contributed by atoms with Crippen molar-refractivity contribution in [3.8, 4) is 17.4 Å². The van der Waals surface area contributed by atoms with Crippen LogP contribution in [0.3, 0.4) is 0 Å². The van der Waals surface area contributed by atoms with Gasteiger partial charge in [-0.05, 0) is 37.3 Å². The van der Waals surface area contributed by atoms with Gasteiger partial charge in [-0.25, -0.2) is 9.78 Å². The number of aromatic nitrogens is 1. The van der Waals surface area contributed by atoms with Gasteiger partial charge in [0, 0.05) is 12.3 Å². The maximum Gasteiger partial charge on any atom is 0.417 e. The van der Waals surface area contributed by atoms with E-state index in [0.717, 1.165) is 12.1 Å². The number of nitrogens with zero attached hydrogens (tertiary/aromatic N) is 1. The monoisotopic (exact) mass is 330 g/mol. The molecule has 122 valence electrons. The van der Waals surface area contributed by atoms with Crippen molar-refractivity contribution in [3.05, 3.63) is 48.2 Å². The summed E-state index contributed by atoms with van der Waals surface area (Å²) in [5, 5.41) is 8.73. The molecule has 23 heavy (non-hydrogen) atoms. The van der Waals surface area contributed by atoms with E-state index in [4.69, 9.17) is 14.6 Å². The topological polar surface area (TPSA) is 68.7 Å². The third-order valence-corrected chi connectivity index (χ3v) is 2.77. The maximum absolute atomic E-state index is 12.4. The molecule has 1 aromatic heterocycles. The Morgan fingerprint density at radius 2 is 1.74 bits per heavy atom. The molecule has 0 aliphatic rings. The molecule has 0 amide bonds. The van der Waals surface area contributed by atoms with Crippen LogP contribution < -0.4 is 9.47 Å². The summed E-state index contributed by atoms with van der Waals surface area (Å²) in [6.07, 6.45) is -4.77. The number of hydrogen-bond donors (Lipinski definition) is 1. The van der Waals surface area contributed by atoms with E-state index >= 15 is 0 Å². The van der Waals surface area contributed by atoms with Gasteiger partial charge < -0.3 is 14.6 Å². The lowest BCUT2D eigenvalue weighted by Crippen LogP contribution is -2.22. The molecule has 2 aromatic rings. The molecule has 1 heterocycles. The van der Waals surface area contributed by atoms with E-state index in [1.807, 2.05) is 0 Å². The van der Waals surface area contributed by atoms with Crippen LogP contribution in [-0.2, 0) is 11.0 Å². The zero-order valence-corrected chi connectivity index (χ0v) is 11.9. The Bertz CT molecular complexity index is 669. The highest BCUT2D eigenvalue weighted by Crippen LogP contribution is 2.30. The first-order valence-corrected chi connectivity index (χ1v) is 6.46.